The minimum atomic E-state index is -4.30. The van der Waals surface area contributed by atoms with Gasteiger partial charge in [-0.1, -0.05) is 60.2 Å². The monoisotopic (exact) mass is 497 g/mol. The zero-order valence-electron chi connectivity index (χ0n) is 19.8. The lowest BCUT2D eigenvalue weighted by molar-refractivity contribution is -0.139. The molecule has 3 aromatic carbocycles. The van der Waals surface area contributed by atoms with E-state index in [1.807, 2.05) is 13.0 Å². The van der Waals surface area contributed by atoms with E-state index in [0.717, 1.165) is 21.5 Å². The second-order valence-electron chi connectivity index (χ2n) is 8.07. The van der Waals surface area contributed by atoms with Crippen molar-refractivity contribution in [2.75, 3.05) is 17.9 Å². The molecule has 7 nitrogen and oxygen atoms in total. The van der Waals surface area contributed by atoms with Gasteiger partial charge in [-0.25, -0.2) is 12.8 Å². The molecule has 0 aliphatic carbocycles. The summed E-state index contributed by atoms with van der Waals surface area (Å²) in [6.07, 6.45) is 0. The fraction of sp³-hybridized carbons (Fsp3) is 0.231. The highest BCUT2D eigenvalue weighted by Crippen LogP contribution is 2.27. The molecule has 0 bridgehead atoms. The van der Waals surface area contributed by atoms with Crippen LogP contribution < -0.4 is 9.62 Å². The van der Waals surface area contributed by atoms with Gasteiger partial charge in [0.05, 0.1) is 10.6 Å². The Hall–Kier alpha value is -3.72. The number of anilines is 1. The van der Waals surface area contributed by atoms with Crippen LogP contribution in [0, 0.1) is 12.7 Å². The molecule has 184 valence electrons. The van der Waals surface area contributed by atoms with Crippen LogP contribution in [0.3, 0.4) is 0 Å². The third-order valence-electron chi connectivity index (χ3n) is 5.62. The SMILES string of the molecule is CNC(=O)[C@@H](C)N(Cc1ccccc1)C(=O)CN(c1ccccc1F)S(=O)(=O)c1ccc(C)cc1. The fourth-order valence-electron chi connectivity index (χ4n) is 3.58. The lowest BCUT2D eigenvalue weighted by Gasteiger charge is -2.31. The van der Waals surface area contributed by atoms with Crippen LogP contribution in [-0.4, -0.2) is 44.8 Å². The first-order chi connectivity index (χ1) is 16.6. The minimum absolute atomic E-state index is 0.0734. The van der Waals surface area contributed by atoms with Crippen LogP contribution >= 0.6 is 0 Å². The number of nitrogens with one attached hydrogen (secondary N) is 1. The van der Waals surface area contributed by atoms with Gasteiger partial charge >= 0.3 is 0 Å². The fourth-order valence-corrected chi connectivity index (χ4v) is 5.00. The van der Waals surface area contributed by atoms with E-state index in [4.69, 9.17) is 0 Å². The van der Waals surface area contributed by atoms with E-state index in [2.05, 4.69) is 5.32 Å². The first-order valence-electron chi connectivity index (χ1n) is 11.0. The number of aryl methyl sites for hydroxylation is 1. The van der Waals surface area contributed by atoms with Crippen molar-refractivity contribution in [2.45, 2.75) is 31.3 Å². The summed E-state index contributed by atoms with van der Waals surface area (Å²) in [5.74, 6) is -1.85. The third-order valence-corrected chi connectivity index (χ3v) is 7.39. The van der Waals surface area contributed by atoms with Crippen molar-refractivity contribution in [3.8, 4) is 0 Å². The minimum Gasteiger partial charge on any atom is -0.357 e. The molecule has 35 heavy (non-hydrogen) atoms. The highest BCUT2D eigenvalue weighted by atomic mass is 32.2. The average molecular weight is 498 g/mol. The van der Waals surface area contributed by atoms with Crippen LogP contribution in [0.5, 0.6) is 0 Å². The number of hydrogen-bond donors (Lipinski definition) is 1. The summed E-state index contributed by atoms with van der Waals surface area (Å²) in [6, 6.07) is 19.6. The van der Waals surface area contributed by atoms with E-state index in [9.17, 15) is 22.4 Å². The topological polar surface area (TPSA) is 86.8 Å². The Balaban J connectivity index is 2.04. The van der Waals surface area contributed by atoms with Crippen LogP contribution in [0.15, 0.2) is 83.8 Å². The number of para-hydroxylation sites is 1. The number of carbonyl (C=O) groups excluding carboxylic acids is 2. The van der Waals surface area contributed by atoms with Gasteiger partial charge in [0, 0.05) is 13.6 Å². The Kier molecular flexibility index (Phi) is 8.24. The molecule has 1 atom stereocenters. The largest absolute Gasteiger partial charge is 0.357 e. The average Bonchev–Trinajstić information content (AvgIpc) is 2.86. The number of hydrogen-bond acceptors (Lipinski definition) is 4. The number of carbonyl (C=O) groups is 2. The molecule has 2 amide bonds. The van der Waals surface area contributed by atoms with Crippen LogP contribution in [0.25, 0.3) is 0 Å². The maximum Gasteiger partial charge on any atom is 0.264 e. The van der Waals surface area contributed by atoms with Gasteiger partial charge < -0.3 is 10.2 Å². The molecule has 0 radical (unpaired) electrons. The van der Waals surface area contributed by atoms with Gasteiger partial charge in [0.2, 0.25) is 11.8 Å². The molecule has 3 aromatic rings. The number of amides is 2. The molecule has 0 aliphatic rings. The van der Waals surface area contributed by atoms with Gasteiger partial charge in [-0.05, 0) is 43.7 Å². The van der Waals surface area contributed by atoms with E-state index in [-0.39, 0.29) is 17.1 Å². The molecule has 0 saturated heterocycles. The van der Waals surface area contributed by atoms with Crippen molar-refractivity contribution in [1.82, 2.24) is 10.2 Å². The molecule has 0 aromatic heterocycles. The number of sulfonamides is 1. The summed E-state index contributed by atoms with van der Waals surface area (Å²) in [4.78, 5) is 27.2. The molecule has 3 rings (SSSR count). The lowest BCUT2D eigenvalue weighted by Crippen LogP contribution is -2.50. The predicted molar refractivity (Wildman–Crippen MR) is 133 cm³/mol. The van der Waals surface area contributed by atoms with Crippen molar-refractivity contribution < 1.29 is 22.4 Å². The molecule has 0 spiro atoms. The summed E-state index contributed by atoms with van der Waals surface area (Å²) in [7, 11) is -2.85. The van der Waals surface area contributed by atoms with Crippen LogP contribution in [0.4, 0.5) is 10.1 Å². The molecule has 0 fully saturated rings. The number of benzene rings is 3. The van der Waals surface area contributed by atoms with Gasteiger partial charge in [0.15, 0.2) is 0 Å². The highest BCUT2D eigenvalue weighted by Gasteiger charge is 2.33. The molecular formula is C26H28FN3O4S. The summed E-state index contributed by atoms with van der Waals surface area (Å²) in [5.41, 5.74) is 1.36. The van der Waals surface area contributed by atoms with Crippen LogP contribution in [-0.2, 0) is 26.2 Å². The van der Waals surface area contributed by atoms with E-state index in [0.29, 0.717) is 0 Å². The van der Waals surface area contributed by atoms with Crippen molar-refractivity contribution in [3.63, 3.8) is 0 Å². The molecule has 0 aliphatic heterocycles. The second-order valence-corrected chi connectivity index (χ2v) is 9.94. The third kappa shape index (κ3) is 6.05. The standard InChI is InChI=1S/C26H28FN3O4S/c1-19-13-15-22(16-14-19)35(33,34)30(24-12-8-7-11-23(24)27)18-25(31)29(20(2)26(32)28-3)17-21-9-5-4-6-10-21/h4-16,20H,17-18H2,1-3H3,(H,28,32)/t20-/m1/s1. The summed E-state index contributed by atoms with van der Waals surface area (Å²) in [6.45, 7) is 2.76. The smallest absolute Gasteiger partial charge is 0.264 e. The van der Waals surface area contributed by atoms with E-state index in [1.54, 1.807) is 43.3 Å². The Morgan fingerprint density at radius 3 is 2.14 bits per heavy atom. The molecule has 0 heterocycles. The predicted octanol–water partition coefficient (Wildman–Crippen LogP) is 3.49. The number of halogens is 1. The van der Waals surface area contributed by atoms with E-state index in [1.165, 1.54) is 42.3 Å². The Morgan fingerprint density at radius 1 is 0.943 bits per heavy atom. The molecular weight excluding hydrogens is 469 g/mol. The van der Waals surface area contributed by atoms with Crippen molar-refractivity contribution >= 4 is 27.5 Å². The molecule has 1 N–H and O–H groups in total. The molecule has 0 unspecified atom stereocenters. The maximum absolute atomic E-state index is 14.8. The zero-order valence-corrected chi connectivity index (χ0v) is 20.6. The van der Waals surface area contributed by atoms with Crippen molar-refractivity contribution in [2.24, 2.45) is 0 Å². The van der Waals surface area contributed by atoms with Crippen LogP contribution in [0.1, 0.15) is 18.1 Å². The quantitative estimate of drug-likeness (QED) is 0.490. The number of rotatable bonds is 9. The summed E-state index contributed by atoms with van der Waals surface area (Å²) >= 11 is 0. The Labute approximate surface area is 205 Å². The first kappa shape index (κ1) is 25.9. The van der Waals surface area contributed by atoms with Crippen molar-refractivity contribution in [1.29, 1.82) is 0 Å². The van der Waals surface area contributed by atoms with Crippen LogP contribution in [0.2, 0.25) is 0 Å². The van der Waals surface area contributed by atoms with Gasteiger partial charge in [-0.3, -0.25) is 13.9 Å². The summed E-state index contributed by atoms with van der Waals surface area (Å²) < 4.78 is 42.7. The van der Waals surface area contributed by atoms with Gasteiger partial charge in [-0.15, -0.1) is 0 Å². The molecule has 9 heteroatoms. The zero-order chi connectivity index (χ0) is 25.6. The van der Waals surface area contributed by atoms with E-state index >= 15 is 0 Å². The lowest BCUT2D eigenvalue weighted by atomic mass is 10.1. The van der Waals surface area contributed by atoms with Gasteiger partial charge in [0.1, 0.15) is 18.4 Å². The Morgan fingerprint density at radius 2 is 1.54 bits per heavy atom. The maximum atomic E-state index is 14.8. The van der Waals surface area contributed by atoms with E-state index < -0.39 is 40.2 Å². The normalized spacial score (nSPS) is 12.0. The molecule has 0 saturated carbocycles. The Bertz CT molecular complexity index is 1280. The first-order valence-corrected chi connectivity index (χ1v) is 12.5. The number of nitrogens with zero attached hydrogens (tertiary/aromatic N) is 2. The van der Waals surface area contributed by atoms with Gasteiger partial charge in [0.25, 0.3) is 10.0 Å². The summed E-state index contributed by atoms with van der Waals surface area (Å²) in [5, 5.41) is 2.52. The second kappa shape index (κ2) is 11.1. The highest BCUT2D eigenvalue weighted by molar-refractivity contribution is 7.92. The number of likely N-dealkylation sites (N-methyl/N-ethyl adjacent to an activating group) is 1. The van der Waals surface area contributed by atoms with Gasteiger partial charge in [-0.2, -0.15) is 0 Å². The van der Waals surface area contributed by atoms with Crippen molar-refractivity contribution in [3.05, 3.63) is 95.8 Å².